The highest BCUT2D eigenvalue weighted by atomic mass is 32.1. The van der Waals surface area contributed by atoms with Gasteiger partial charge in [-0.3, -0.25) is 14.7 Å². The van der Waals surface area contributed by atoms with E-state index in [1.54, 1.807) is 35.9 Å². The molecule has 1 N–H and O–H groups in total. The molecule has 3 rings (SSSR count). The van der Waals surface area contributed by atoms with E-state index in [1.807, 2.05) is 0 Å². The Labute approximate surface area is 140 Å². The van der Waals surface area contributed by atoms with Gasteiger partial charge in [0.05, 0.1) is 24.8 Å². The van der Waals surface area contributed by atoms with Crippen LogP contribution in [-0.4, -0.2) is 48.1 Å². The molecule has 0 bridgehead atoms. The molecule has 2 aromatic rings. The van der Waals surface area contributed by atoms with Gasteiger partial charge in [-0.15, -0.1) is 11.3 Å². The first-order valence-electron chi connectivity index (χ1n) is 7.82. The number of pyridine rings is 1. The van der Waals surface area contributed by atoms with E-state index in [4.69, 9.17) is 4.74 Å². The Balaban J connectivity index is 1.75. The second kappa shape index (κ2) is 7.68. The summed E-state index contributed by atoms with van der Waals surface area (Å²) in [4.78, 5) is 20.1. The second-order valence-corrected chi connectivity index (χ2v) is 6.59. The number of hydrogen-bond acceptors (Lipinski definition) is 5. The first-order valence-corrected chi connectivity index (χ1v) is 8.70. The van der Waals surface area contributed by atoms with Gasteiger partial charge in [-0.2, -0.15) is 0 Å². The molecule has 1 aliphatic rings. The number of rotatable bonds is 5. The molecule has 6 heteroatoms. The van der Waals surface area contributed by atoms with Gasteiger partial charge in [-0.25, -0.2) is 0 Å². The van der Waals surface area contributed by atoms with Gasteiger partial charge in [-0.1, -0.05) is 6.07 Å². The third-order valence-electron chi connectivity index (χ3n) is 4.03. The number of aromatic nitrogens is 1. The van der Waals surface area contributed by atoms with Crippen molar-refractivity contribution in [2.75, 3.05) is 26.3 Å². The molecule has 3 heterocycles. The number of morpholine rings is 1. The highest BCUT2D eigenvalue weighted by Gasteiger charge is 2.29. The molecule has 122 valence electrons. The second-order valence-electron chi connectivity index (χ2n) is 5.61. The van der Waals surface area contributed by atoms with Crippen LogP contribution in [0.2, 0.25) is 0 Å². The Morgan fingerprint density at radius 3 is 2.83 bits per heavy atom. The molecule has 0 radical (unpaired) electrons. The molecule has 1 saturated heterocycles. The summed E-state index contributed by atoms with van der Waals surface area (Å²) in [5.74, 6) is -0.0829. The van der Waals surface area contributed by atoms with E-state index in [0.29, 0.717) is 5.56 Å². The number of nitrogens with one attached hydrogen (secondary N) is 1. The fourth-order valence-corrected chi connectivity index (χ4v) is 3.89. The minimum Gasteiger partial charge on any atom is -0.379 e. The van der Waals surface area contributed by atoms with Crippen LogP contribution in [0.3, 0.4) is 0 Å². The predicted octanol–water partition coefficient (Wildman–Crippen LogP) is 2.33. The lowest BCUT2D eigenvalue weighted by atomic mass is 10.0. The topological polar surface area (TPSA) is 54.5 Å². The quantitative estimate of drug-likeness (QED) is 0.914. The zero-order valence-corrected chi connectivity index (χ0v) is 14.0. The van der Waals surface area contributed by atoms with E-state index in [1.165, 1.54) is 4.88 Å². The van der Waals surface area contributed by atoms with Crippen molar-refractivity contribution in [3.8, 4) is 0 Å². The molecular formula is C17H21N3O2S. The monoisotopic (exact) mass is 331 g/mol. The average Bonchev–Trinajstić information content (AvgIpc) is 3.11. The Morgan fingerprint density at radius 2 is 2.17 bits per heavy atom. The normalized spacial score (nSPS) is 18.3. The molecule has 2 atom stereocenters. The van der Waals surface area contributed by atoms with Crippen molar-refractivity contribution >= 4 is 17.2 Å². The van der Waals surface area contributed by atoms with Crippen molar-refractivity contribution in [3.05, 3.63) is 52.5 Å². The fraction of sp³-hybridized carbons (Fsp3) is 0.412. The SMILES string of the molecule is C[C@H](NC(=O)c1cccnc1)[C@H](c1cccs1)N1CCOCC1. The van der Waals surface area contributed by atoms with E-state index in [0.717, 1.165) is 26.3 Å². The minimum atomic E-state index is -0.0829. The number of nitrogens with zero attached hydrogens (tertiary/aromatic N) is 2. The Bertz CT molecular complexity index is 612. The van der Waals surface area contributed by atoms with Gasteiger partial charge in [0.1, 0.15) is 0 Å². The number of hydrogen-bond donors (Lipinski definition) is 1. The molecule has 2 aromatic heterocycles. The van der Waals surface area contributed by atoms with Crippen LogP contribution in [0, 0.1) is 0 Å². The van der Waals surface area contributed by atoms with E-state index in [-0.39, 0.29) is 18.0 Å². The van der Waals surface area contributed by atoms with E-state index < -0.39 is 0 Å². The lowest BCUT2D eigenvalue weighted by Crippen LogP contribution is -2.48. The van der Waals surface area contributed by atoms with Crippen molar-refractivity contribution in [2.45, 2.75) is 19.0 Å². The number of carbonyl (C=O) groups is 1. The number of amides is 1. The van der Waals surface area contributed by atoms with E-state index in [9.17, 15) is 4.79 Å². The lowest BCUT2D eigenvalue weighted by Gasteiger charge is -2.37. The van der Waals surface area contributed by atoms with Crippen molar-refractivity contribution in [1.82, 2.24) is 15.2 Å². The fourth-order valence-electron chi connectivity index (χ4n) is 2.92. The molecule has 0 unspecified atom stereocenters. The molecule has 1 aliphatic heterocycles. The van der Waals surface area contributed by atoms with Gasteiger partial charge < -0.3 is 10.1 Å². The third-order valence-corrected chi connectivity index (χ3v) is 4.97. The van der Waals surface area contributed by atoms with Gasteiger partial charge >= 0.3 is 0 Å². The maximum Gasteiger partial charge on any atom is 0.253 e. The Morgan fingerprint density at radius 1 is 1.35 bits per heavy atom. The summed E-state index contributed by atoms with van der Waals surface area (Å²) in [6, 6.07) is 7.92. The van der Waals surface area contributed by atoms with Gasteiger partial charge in [0.25, 0.3) is 5.91 Å². The molecule has 0 saturated carbocycles. The zero-order valence-electron chi connectivity index (χ0n) is 13.1. The molecule has 23 heavy (non-hydrogen) atoms. The average molecular weight is 331 g/mol. The van der Waals surface area contributed by atoms with Crippen LogP contribution in [0.4, 0.5) is 0 Å². The summed E-state index contributed by atoms with van der Waals surface area (Å²) >= 11 is 1.73. The smallest absolute Gasteiger partial charge is 0.253 e. The van der Waals surface area contributed by atoms with Gasteiger partial charge in [0.2, 0.25) is 0 Å². The van der Waals surface area contributed by atoms with Crippen LogP contribution in [0.5, 0.6) is 0 Å². The number of ether oxygens (including phenoxy) is 1. The molecule has 5 nitrogen and oxygen atoms in total. The lowest BCUT2D eigenvalue weighted by molar-refractivity contribution is 0.00969. The molecule has 0 spiro atoms. The van der Waals surface area contributed by atoms with Crippen molar-refractivity contribution < 1.29 is 9.53 Å². The molecule has 0 aromatic carbocycles. The van der Waals surface area contributed by atoms with E-state index >= 15 is 0 Å². The van der Waals surface area contributed by atoms with Crippen LogP contribution in [0.15, 0.2) is 42.0 Å². The van der Waals surface area contributed by atoms with Gasteiger partial charge in [-0.05, 0) is 30.5 Å². The van der Waals surface area contributed by atoms with Crippen molar-refractivity contribution in [1.29, 1.82) is 0 Å². The Kier molecular flexibility index (Phi) is 5.38. The van der Waals surface area contributed by atoms with Crippen LogP contribution in [0.1, 0.15) is 28.2 Å². The summed E-state index contributed by atoms with van der Waals surface area (Å²) in [6.07, 6.45) is 3.26. The first kappa shape index (κ1) is 16.1. The van der Waals surface area contributed by atoms with E-state index in [2.05, 4.69) is 39.6 Å². The standard InChI is InChI=1S/C17H21N3O2S/c1-13(19-17(21)14-4-2-6-18-12-14)16(15-5-3-11-23-15)20-7-9-22-10-8-20/h2-6,11-13,16H,7-10H2,1H3,(H,19,21)/t13-,16+/m0/s1. The maximum absolute atomic E-state index is 12.4. The van der Waals surface area contributed by atoms with Crippen LogP contribution < -0.4 is 5.32 Å². The summed E-state index contributed by atoms with van der Waals surface area (Å²) in [6.45, 7) is 5.32. The number of carbonyl (C=O) groups excluding carboxylic acids is 1. The minimum absolute atomic E-state index is 0.000504. The number of thiophene rings is 1. The zero-order chi connectivity index (χ0) is 16.1. The highest BCUT2D eigenvalue weighted by molar-refractivity contribution is 7.10. The summed E-state index contributed by atoms with van der Waals surface area (Å²) in [5.41, 5.74) is 0.589. The van der Waals surface area contributed by atoms with Gasteiger partial charge in [0, 0.05) is 36.4 Å². The Hall–Kier alpha value is -1.76. The molecular weight excluding hydrogens is 310 g/mol. The van der Waals surface area contributed by atoms with Crippen LogP contribution >= 0.6 is 11.3 Å². The predicted molar refractivity (Wildman–Crippen MR) is 90.6 cm³/mol. The largest absolute Gasteiger partial charge is 0.379 e. The van der Waals surface area contributed by atoms with Crippen molar-refractivity contribution in [2.24, 2.45) is 0 Å². The summed E-state index contributed by atoms with van der Waals surface area (Å²) in [7, 11) is 0. The molecule has 0 aliphatic carbocycles. The van der Waals surface area contributed by atoms with Crippen LogP contribution in [0.25, 0.3) is 0 Å². The van der Waals surface area contributed by atoms with Crippen LogP contribution in [-0.2, 0) is 4.74 Å². The maximum atomic E-state index is 12.4. The van der Waals surface area contributed by atoms with Crippen molar-refractivity contribution in [3.63, 3.8) is 0 Å². The first-order chi connectivity index (χ1) is 11.3. The third kappa shape index (κ3) is 3.96. The molecule has 1 amide bonds. The molecule has 1 fully saturated rings. The summed E-state index contributed by atoms with van der Waals surface area (Å²) < 4.78 is 5.46. The summed E-state index contributed by atoms with van der Waals surface area (Å²) in [5, 5.41) is 5.21. The highest BCUT2D eigenvalue weighted by Crippen LogP contribution is 2.29. The van der Waals surface area contributed by atoms with Gasteiger partial charge in [0.15, 0.2) is 0 Å².